The third kappa shape index (κ3) is 2.88. The second-order valence-electron chi connectivity index (χ2n) is 9.15. The fourth-order valence-corrected chi connectivity index (χ4v) is 6.54. The molecule has 1 aromatic carbocycles. The van der Waals surface area contributed by atoms with Crippen LogP contribution in [-0.2, 0) is 10.2 Å². The van der Waals surface area contributed by atoms with Gasteiger partial charge in [-0.15, -0.1) is 11.3 Å². The monoisotopic (exact) mass is 408 g/mol. The number of thiazole rings is 1. The highest BCUT2D eigenvalue weighted by Gasteiger charge is 2.49. The summed E-state index contributed by atoms with van der Waals surface area (Å²) in [6.45, 7) is 7.47. The van der Waals surface area contributed by atoms with Crippen LogP contribution in [0, 0.1) is 11.3 Å². The van der Waals surface area contributed by atoms with Gasteiger partial charge in [0.1, 0.15) is 0 Å². The SMILES string of the molecule is c1ccc(C2(c3cn4ccsc4n3)CCN(C[C@]34CNC[C@H]3COC4)CC2)cc1. The molecule has 6 rings (SSSR count). The summed E-state index contributed by atoms with van der Waals surface area (Å²) < 4.78 is 8.06. The number of aromatic nitrogens is 2. The maximum Gasteiger partial charge on any atom is 0.193 e. The topological polar surface area (TPSA) is 41.8 Å². The molecule has 3 saturated heterocycles. The summed E-state index contributed by atoms with van der Waals surface area (Å²) in [5.41, 5.74) is 2.98. The van der Waals surface area contributed by atoms with E-state index in [1.54, 1.807) is 11.3 Å². The molecule has 0 saturated carbocycles. The second kappa shape index (κ2) is 6.91. The third-order valence-electron chi connectivity index (χ3n) is 7.60. The lowest BCUT2D eigenvalue weighted by Gasteiger charge is -2.44. The van der Waals surface area contributed by atoms with Crippen LogP contribution in [0.4, 0.5) is 0 Å². The van der Waals surface area contributed by atoms with Crippen LogP contribution in [0.25, 0.3) is 4.96 Å². The number of fused-ring (bicyclic) bond motifs is 2. The minimum Gasteiger partial charge on any atom is -0.380 e. The van der Waals surface area contributed by atoms with E-state index < -0.39 is 0 Å². The molecule has 1 N–H and O–H groups in total. The van der Waals surface area contributed by atoms with Gasteiger partial charge >= 0.3 is 0 Å². The van der Waals surface area contributed by atoms with E-state index in [1.165, 1.54) is 11.3 Å². The van der Waals surface area contributed by atoms with Crippen molar-refractivity contribution in [1.29, 1.82) is 0 Å². The Balaban J connectivity index is 1.28. The Morgan fingerprint density at radius 3 is 2.90 bits per heavy atom. The number of nitrogens with zero attached hydrogens (tertiary/aromatic N) is 3. The van der Waals surface area contributed by atoms with Crippen molar-refractivity contribution < 1.29 is 4.74 Å². The predicted molar refractivity (Wildman–Crippen MR) is 116 cm³/mol. The van der Waals surface area contributed by atoms with Crippen molar-refractivity contribution in [2.75, 3.05) is 45.9 Å². The van der Waals surface area contributed by atoms with Crippen molar-refractivity contribution in [2.45, 2.75) is 18.3 Å². The molecule has 2 aromatic heterocycles. The van der Waals surface area contributed by atoms with Gasteiger partial charge in [0, 0.05) is 54.2 Å². The minimum absolute atomic E-state index is 0.0146. The van der Waals surface area contributed by atoms with E-state index in [2.05, 4.69) is 62.7 Å². The molecule has 0 spiro atoms. The number of nitrogens with one attached hydrogen (secondary N) is 1. The molecule has 152 valence electrons. The molecule has 0 radical (unpaired) electrons. The maximum atomic E-state index is 5.88. The zero-order valence-electron chi connectivity index (χ0n) is 16.7. The van der Waals surface area contributed by atoms with Gasteiger partial charge in [0.15, 0.2) is 4.96 Å². The molecule has 2 atom stereocenters. The van der Waals surface area contributed by atoms with Gasteiger partial charge in [-0.2, -0.15) is 0 Å². The molecule has 3 aliphatic heterocycles. The highest BCUT2D eigenvalue weighted by Crippen LogP contribution is 2.44. The van der Waals surface area contributed by atoms with Crippen LogP contribution >= 0.6 is 11.3 Å². The number of piperidine rings is 1. The standard InChI is InChI=1S/C23H28N4OS/c1-2-4-18(5-3-1)23(20-13-27-10-11-29-21(27)25-20)6-8-26(9-7-23)16-22-15-24-12-19(22)14-28-17-22/h1-5,10-11,13,19,24H,6-9,12,14-17H2/t19-,22-/m0/s1. The van der Waals surface area contributed by atoms with E-state index in [0.717, 1.165) is 63.7 Å². The lowest BCUT2D eigenvalue weighted by Crippen LogP contribution is -2.49. The smallest absolute Gasteiger partial charge is 0.193 e. The number of hydrogen-bond donors (Lipinski definition) is 1. The number of benzene rings is 1. The Hall–Kier alpha value is -1.73. The van der Waals surface area contributed by atoms with Crippen LogP contribution in [0.15, 0.2) is 48.1 Å². The molecule has 3 aliphatic rings. The van der Waals surface area contributed by atoms with Gasteiger partial charge < -0.3 is 15.0 Å². The van der Waals surface area contributed by atoms with Crippen molar-refractivity contribution in [1.82, 2.24) is 19.6 Å². The van der Waals surface area contributed by atoms with Gasteiger partial charge in [0.25, 0.3) is 0 Å². The van der Waals surface area contributed by atoms with Gasteiger partial charge in [-0.1, -0.05) is 30.3 Å². The van der Waals surface area contributed by atoms with E-state index >= 15 is 0 Å². The second-order valence-corrected chi connectivity index (χ2v) is 10.0. The van der Waals surface area contributed by atoms with Crippen LogP contribution in [-0.4, -0.2) is 60.2 Å². The molecule has 5 nitrogen and oxygen atoms in total. The Bertz CT molecular complexity index is 950. The Morgan fingerprint density at radius 1 is 1.21 bits per heavy atom. The van der Waals surface area contributed by atoms with Crippen LogP contribution in [0.3, 0.4) is 0 Å². The number of likely N-dealkylation sites (tertiary alicyclic amines) is 1. The molecule has 29 heavy (non-hydrogen) atoms. The van der Waals surface area contributed by atoms with Gasteiger partial charge in [0.2, 0.25) is 0 Å². The first-order chi connectivity index (χ1) is 14.3. The van der Waals surface area contributed by atoms with E-state index in [-0.39, 0.29) is 5.41 Å². The number of rotatable bonds is 4. The fourth-order valence-electron chi connectivity index (χ4n) is 5.84. The average molecular weight is 409 g/mol. The van der Waals surface area contributed by atoms with Gasteiger partial charge in [-0.05, 0) is 31.5 Å². The summed E-state index contributed by atoms with van der Waals surface area (Å²) >= 11 is 1.72. The minimum atomic E-state index is 0.0146. The van der Waals surface area contributed by atoms with E-state index in [4.69, 9.17) is 9.72 Å². The Labute approximate surface area is 175 Å². The highest BCUT2D eigenvalue weighted by molar-refractivity contribution is 7.15. The van der Waals surface area contributed by atoms with Crippen LogP contribution in [0.2, 0.25) is 0 Å². The molecular weight excluding hydrogens is 380 g/mol. The molecule has 0 aliphatic carbocycles. The maximum absolute atomic E-state index is 5.88. The van der Waals surface area contributed by atoms with E-state index in [1.807, 2.05) is 0 Å². The molecule has 0 bridgehead atoms. The largest absolute Gasteiger partial charge is 0.380 e. The molecular formula is C23H28N4OS. The van der Waals surface area contributed by atoms with Gasteiger partial charge in [0.05, 0.1) is 18.9 Å². The third-order valence-corrected chi connectivity index (χ3v) is 8.37. The summed E-state index contributed by atoms with van der Waals surface area (Å²) in [5, 5.41) is 5.73. The van der Waals surface area contributed by atoms with E-state index in [0.29, 0.717) is 11.3 Å². The van der Waals surface area contributed by atoms with Crippen molar-refractivity contribution in [3.8, 4) is 0 Å². The van der Waals surface area contributed by atoms with Crippen LogP contribution in [0.5, 0.6) is 0 Å². The fraction of sp³-hybridized carbons (Fsp3) is 0.522. The predicted octanol–water partition coefficient (Wildman–Crippen LogP) is 3.01. The highest BCUT2D eigenvalue weighted by atomic mass is 32.1. The average Bonchev–Trinajstić information content (AvgIpc) is 3.50. The molecule has 3 fully saturated rings. The molecule has 6 heteroatoms. The number of ether oxygens (including phenoxy) is 1. The molecule has 5 heterocycles. The molecule has 0 amide bonds. The lowest BCUT2D eigenvalue weighted by atomic mass is 9.70. The summed E-state index contributed by atoms with van der Waals surface area (Å²) in [7, 11) is 0. The number of imidazole rings is 1. The van der Waals surface area contributed by atoms with Crippen LogP contribution in [0.1, 0.15) is 24.1 Å². The van der Waals surface area contributed by atoms with Crippen molar-refractivity contribution in [2.24, 2.45) is 11.3 Å². The summed E-state index contributed by atoms with van der Waals surface area (Å²) in [4.78, 5) is 8.84. The molecule has 0 unspecified atom stereocenters. The van der Waals surface area contributed by atoms with Gasteiger partial charge in [-0.3, -0.25) is 4.40 Å². The summed E-state index contributed by atoms with van der Waals surface area (Å²) in [5.74, 6) is 0.684. The lowest BCUT2D eigenvalue weighted by molar-refractivity contribution is 0.0880. The first kappa shape index (κ1) is 18.1. The summed E-state index contributed by atoms with van der Waals surface area (Å²) in [6, 6.07) is 11.1. The summed E-state index contributed by atoms with van der Waals surface area (Å²) in [6.07, 6.45) is 6.62. The normalized spacial score (nSPS) is 29.4. The zero-order chi connectivity index (χ0) is 19.3. The first-order valence-corrected chi connectivity index (χ1v) is 11.6. The number of hydrogen-bond acceptors (Lipinski definition) is 5. The zero-order valence-corrected chi connectivity index (χ0v) is 17.5. The Morgan fingerprint density at radius 2 is 2.07 bits per heavy atom. The molecule has 3 aromatic rings. The van der Waals surface area contributed by atoms with Crippen molar-refractivity contribution in [3.05, 3.63) is 59.4 Å². The first-order valence-electron chi connectivity index (χ1n) is 10.8. The quantitative estimate of drug-likeness (QED) is 0.721. The van der Waals surface area contributed by atoms with Crippen LogP contribution < -0.4 is 5.32 Å². The van der Waals surface area contributed by atoms with Crippen molar-refractivity contribution in [3.63, 3.8) is 0 Å². The van der Waals surface area contributed by atoms with Gasteiger partial charge in [-0.25, -0.2) is 4.98 Å². The van der Waals surface area contributed by atoms with E-state index in [9.17, 15) is 0 Å². The van der Waals surface area contributed by atoms with Crippen molar-refractivity contribution >= 4 is 16.3 Å². The Kier molecular flexibility index (Phi) is 4.31.